The van der Waals surface area contributed by atoms with Crippen LogP contribution in [0.2, 0.25) is 0 Å². The Morgan fingerprint density at radius 3 is 2.80 bits per heavy atom. The first kappa shape index (κ1) is 14.4. The Morgan fingerprint density at radius 2 is 2.20 bits per heavy atom. The Labute approximate surface area is 123 Å². The fourth-order valence-electron chi connectivity index (χ4n) is 2.02. The molecule has 20 heavy (non-hydrogen) atoms. The molecule has 0 N–H and O–H groups in total. The highest BCUT2D eigenvalue weighted by Crippen LogP contribution is 2.08. The number of nitrogens with zero attached hydrogens (tertiary/aromatic N) is 5. The average molecular weight is 287 g/mol. The molecule has 5 nitrogen and oxygen atoms in total. The van der Waals surface area contributed by atoms with Gasteiger partial charge in [-0.15, -0.1) is 0 Å². The van der Waals surface area contributed by atoms with E-state index in [2.05, 4.69) is 16.1 Å². The highest BCUT2D eigenvalue weighted by atomic mass is 32.1. The largest absolute Gasteiger partial charge is 0.307 e. The molecule has 0 saturated carbocycles. The van der Waals surface area contributed by atoms with Crippen molar-refractivity contribution in [2.75, 3.05) is 7.05 Å². The van der Waals surface area contributed by atoms with Crippen molar-refractivity contribution >= 4 is 12.2 Å². The molecule has 0 aliphatic carbocycles. The highest BCUT2D eigenvalue weighted by Gasteiger charge is 2.07. The summed E-state index contributed by atoms with van der Waals surface area (Å²) in [5, 5.41) is 13.3. The molecule has 1 aromatic carbocycles. The Kier molecular flexibility index (Phi) is 4.32. The minimum atomic E-state index is 0.622. The van der Waals surface area contributed by atoms with E-state index in [-0.39, 0.29) is 0 Å². The van der Waals surface area contributed by atoms with Gasteiger partial charge in [0.2, 0.25) is 0 Å². The fourth-order valence-corrected chi connectivity index (χ4v) is 2.25. The van der Waals surface area contributed by atoms with Gasteiger partial charge in [-0.3, -0.25) is 4.90 Å². The Hall–Kier alpha value is -1.97. The molecule has 0 unspecified atom stereocenters. The van der Waals surface area contributed by atoms with Crippen molar-refractivity contribution in [2.45, 2.75) is 20.1 Å². The van der Waals surface area contributed by atoms with Crippen molar-refractivity contribution in [1.29, 1.82) is 5.26 Å². The van der Waals surface area contributed by atoms with Crippen LogP contribution in [0.4, 0.5) is 0 Å². The standard InChI is InChI=1S/C14H17N5S/c1-11-16-19(14(20)18(11)3)10-17(2)9-13-6-4-5-12(7-13)8-15/h4-7H,9-10H2,1-3H3. The van der Waals surface area contributed by atoms with Crippen LogP contribution in [0.1, 0.15) is 17.0 Å². The van der Waals surface area contributed by atoms with Gasteiger partial charge in [-0.05, 0) is 43.9 Å². The van der Waals surface area contributed by atoms with Gasteiger partial charge in [-0.1, -0.05) is 12.1 Å². The van der Waals surface area contributed by atoms with E-state index in [0.29, 0.717) is 17.0 Å². The predicted molar refractivity (Wildman–Crippen MR) is 79.4 cm³/mol. The van der Waals surface area contributed by atoms with Gasteiger partial charge in [0.1, 0.15) is 5.82 Å². The lowest BCUT2D eigenvalue weighted by molar-refractivity contribution is 0.243. The molecule has 6 heteroatoms. The summed E-state index contributed by atoms with van der Waals surface area (Å²) < 4.78 is 4.40. The Morgan fingerprint density at radius 1 is 1.45 bits per heavy atom. The topological polar surface area (TPSA) is 49.8 Å². The summed E-state index contributed by atoms with van der Waals surface area (Å²) >= 11 is 5.33. The van der Waals surface area contributed by atoms with Gasteiger partial charge in [0.05, 0.1) is 18.3 Å². The molecule has 0 amide bonds. The number of hydrogen-bond donors (Lipinski definition) is 0. The highest BCUT2D eigenvalue weighted by molar-refractivity contribution is 7.71. The minimum absolute atomic E-state index is 0.622. The van der Waals surface area contributed by atoms with E-state index in [0.717, 1.165) is 17.9 Å². The fraction of sp³-hybridized carbons (Fsp3) is 0.357. The van der Waals surface area contributed by atoms with E-state index >= 15 is 0 Å². The summed E-state index contributed by atoms with van der Waals surface area (Å²) in [4.78, 5) is 2.11. The van der Waals surface area contributed by atoms with E-state index in [4.69, 9.17) is 17.5 Å². The van der Waals surface area contributed by atoms with Gasteiger partial charge in [-0.2, -0.15) is 10.4 Å². The second kappa shape index (κ2) is 5.99. The summed E-state index contributed by atoms with van der Waals surface area (Å²) in [6.07, 6.45) is 0. The number of aryl methyl sites for hydroxylation is 1. The Balaban J connectivity index is 2.09. The lowest BCUT2D eigenvalue weighted by Crippen LogP contribution is -2.22. The van der Waals surface area contributed by atoms with Gasteiger partial charge < -0.3 is 4.57 Å². The molecule has 2 rings (SSSR count). The SMILES string of the molecule is Cc1nn(CN(C)Cc2cccc(C#N)c2)c(=S)n1C. The van der Waals surface area contributed by atoms with Crippen molar-refractivity contribution < 1.29 is 0 Å². The molecule has 0 radical (unpaired) electrons. The minimum Gasteiger partial charge on any atom is -0.307 e. The summed E-state index contributed by atoms with van der Waals surface area (Å²) in [6, 6.07) is 9.78. The normalized spacial score (nSPS) is 10.8. The third-order valence-corrected chi connectivity index (χ3v) is 3.63. The van der Waals surface area contributed by atoms with Crippen LogP contribution in [-0.4, -0.2) is 26.3 Å². The number of hydrogen-bond acceptors (Lipinski definition) is 4. The molecule has 1 aromatic heterocycles. The first-order valence-corrected chi connectivity index (χ1v) is 6.70. The number of nitriles is 1. The van der Waals surface area contributed by atoms with E-state index in [1.54, 1.807) is 4.68 Å². The molecule has 1 heterocycles. The van der Waals surface area contributed by atoms with Gasteiger partial charge in [-0.25, -0.2) is 4.68 Å². The molecule has 0 aliphatic heterocycles. The molecular formula is C14H17N5S. The third kappa shape index (κ3) is 3.13. The van der Waals surface area contributed by atoms with Crippen molar-refractivity contribution in [3.63, 3.8) is 0 Å². The summed E-state index contributed by atoms with van der Waals surface area (Å²) in [5.74, 6) is 0.898. The second-order valence-corrected chi connectivity index (χ2v) is 5.22. The van der Waals surface area contributed by atoms with E-state index in [1.165, 1.54) is 0 Å². The smallest absolute Gasteiger partial charge is 0.198 e. The maximum absolute atomic E-state index is 8.91. The maximum atomic E-state index is 8.91. The van der Waals surface area contributed by atoms with Crippen molar-refractivity contribution in [2.24, 2.45) is 7.05 Å². The van der Waals surface area contributed by atoms with Gasteiger partial charge >= 0.3 is 0 Å². The van der Waals surface area contributed by atoms with E-state index < -0.39 is 0 Å². The predicted octanol–water partition coefficient (Wildman–Crippen LogP) is 2.22. The van der Waals surface area contributed by atoms with Crippen molar-refractivity contribution in [3.05, 3.63) is 46.0 Å². The number of benzene rings is 1. The zero-order valence-electron chi connectivity index (χ0n) is 11.9. The van der Waals surface area contributed by atoms with Crippen LogP contribution in [0, 0.1) is 23.0 Å². The van der Waals surface area contributed by atoms with Gasteiger partial charge in [0, 0.05) is 13.6 Å². The molecule has 2 aromatic rings. The molecule has 0 atom stereocenters. The zero-order valence-corrected chi connectivity index (χ0v) is 12.7. The van der Waals surface area contributed by atoms with Crippen LogP contribution in [-0.2, 0) is 20.3 Å². The summed E-state index contributed by atoms with van der Waals surface area (Å²) in [5.41, 5.74) is 1.78. The van der Waals surface area contributed by atoms with Crippen LogP contribution >= 0.6 is 12.2 Å². The molecule has 0 saturated heterocycles. The maximum Gasteiger partial charge on any atom is 0.198 e. The number of rotatable bonds is 4. The summed E-state index contributed by atoms with van der Waals surface area (Å²) in [7, 11) is 3.92. The second-order valence-electron chi connectivity index (χ2n) is 4.86. The molecule has 104 valence electrons. The summed E-state index contributed by atoms with van der Waals surface area (Å²) in [6.45, 7) is 3.30. The first-order chi connectivity index (χ1) is 9.51. The monoisotopic (exact) mass is 287 g/mol. The lowest BCUT2D eigenvalue weighted by Gasteiger charge is -2.16. The molecule has 0 spiro atoms. The number of aromatic nitrogens is 3. The van der Waals surface area contributed by atoms with Crippen molar-refractivity contribution in [3.8, 4) is 6.07 Å². The molecule has 0 fully saturated rings. The molecular weight excluding hydrogens is 270 g/mol. The van der Waals surface area contributed by atoms with Crippen LogP contribution in [0.25, 0.3) is 0 Å². The molecule has 0 aliphatic rings. The third-order valence-electron chi connectivity index (χ3n) is 3.14. The van der Waals surface area contributed by atoms with Gasteiger partial charge in [0.25, 0.3) is 0 Å². The lowest BCUT2D eigenvalue weighted by atomic mass is 10.1. The van der Waals surface area contributed by atoms with Crippen LogP contribution in [0.5, 0.6) is 0 Å². The molecule has 0 bridgehead atoms. The zero-order chi connectivity index (χ0) is 14.7. The van der Waals surface area contributed by atoms with E-state index in [1.807, 2.05) is 49.9 Å². The Bertz CT molecular complexity index is 707. The first-order valence-electron chi connectivity index (χ1n) is 6.29. The van der Waals surface area contributed by atoms with Gasteiger partial charge in [0.15, 0.2) is 4.77 Å². The van der Waals surface area contributed by atoms with Crippen molar-refractivity contribution in [1.82, 2.24) is 19.2 Å². The quantitative estimate of drug-likeness (QED) is 0.809. The van der Waals surface area contributed by atoms with Crippen LogP contribution in [0.15, 0.2) is 24.3 Å². The van der Waals surface area contributed by atoms with Crippen LogP contribution < -0.4 is 0 Å². The van der Waals surface area contributed by atoms with E-state index in [9.17, 15) is 0 Å². The van der Waals surface area contributed by atoms with Crippen LogP contribution in [0.3, 0.4) is 0 Å². The average Bonchev–Trinajstić information content (AvgIpc) is 2.66.